The Labute approximate surface area is 80.9 Å². The van der Waals surface area contributed by atoms with Crippen molar-refractivity contribution < 1.29 is 0 Å². The van der Waals surface area contributed by atoms with Crippen LogP contribution >= 0.6 is 11.8 Å². The van der Waals surface area contributed by atoms with Crippen molar-refractivity contribution in [2.24, 2.45) is 5.92 Å². The molecule has 1 atom stereocenters. The van der Waals surface area contributed by atoms with Crippen LogP contribution in [0.25, 0.3) is 0 Å². The molecule has 0 amide bonds. The maximum Gasteiger partial charge on any atom is 0.00725 e. The van der Waals surface area contributed by atoms with Gasteiger partial charge in [-0.25, -0.2) is 0 Å². The van der Waals surface area contributed by atoms with Gasteiger partial charge in [0.2, 0.25) is 0 Å². The molecule has 0 bridgehead atoms. The van der Waals surface area contributed by atoms with Gasteiger partial charge in [-0.15, -0.1) is 0 Å². The summed E-state index contributed by atoms with van der Waals surface area (Å²) in [5.41, 5.74) is 0. The van der Waals surface area contributed by atoms with Crippen molar-refractivity contribution in [3.8, 4) is 0 Å². The smallest absolute Gasteiger partial charge is 0.00725 e. The van der Waals surface area contributed by atoms with Crippen molar-refractivity contribution in [3.05, 3.63) is 0 Å². The lowest BCUT2D eigenvalue weighted by atomic mass is 10.1. The Morgan fingerprint density at radius 2 is 2.25 bits per heavy atom. The lowest BCUT2D eigenvalue weighted by molar-refractivity contribution is 0.343. The average Bonchev–Trinajstić information content (AvgIpc) is 2.53. The molecule has 0 spiro atoms. The quantitative estimate of drug-likeness (QED) is 0.608. The number of thioether (sulfide) groups is 1. The van der Waals surface area contributed by atoms with Crippen molar-refractivity contribution in [1.29, 1.82) is 0 Å². The van der Waals surface area contributed by atoms with Crippen LogP contribution in [0.5, 0.6) is 0 Å². The Bertz CT molecular complexity index is 116. The van der Waals surface area contributed by atoms with E-state index in [9.17, 15) is 0 Å². The number of hydrogen-bond acceptors (Lipinski definition) is 2. The second-order valence-corrected chi connectivity index (χ2v) is 4.95. The summed E-state index contributed by atoms with van der Waals surface area (Å²) in [5, 5.41) is 0. The predicted molar refractivity (Wildman–Crippen MR) is 57.8 cm³/mol. The molecule has 0 aromatic rings. The second-order valence-electron chi connectivity index (χ2n) is 3.56. The fourth-order valence-corrected chi connectivity index (χ4v) is 2.46. The lowest BCUT2D eigenvalue weighted by Crippen LogP contribution is -2.23. The van der Waals surface area contributed by atoms with E-state index in [0.717, 1.165) is 5.92 Å². The molecule has 0 N–H and O–H groups in total. The molecule has 0 aliphatic carbocycles. The molecule has 0 aromatic heterocycles. The first-order valence-corrected chi connectivity index (χ1v) is 6.32. The minimum Gasteiger partial charge on any atom is -0.302 e. The normalized spacial score (nSPS) is 25.0. The number of rotatable bonds is 5. The molecule has 72 valence electrons. The lowest BCUT2D eigenvalue weighted by Gasteiger charge is -2.14. The van der Waals surface area contributed by atoms with Gasteiger partial charge in [0.25, 0.3) is 0 Å². The van der Waals surface area contributed by atoms with Crippen LogP contribution in [-0.4, -0.2) is 36.0 Å². The Kier molecular flexibility index (Phi) is 5.08. The van der Waals surface area contributed by atoms with Gasteiger partial charge in [0.1, 0.15) is 0 Å². The standard InChI is InChI=1S/C10H21NS/c1-3-10-5-6-11(9-10)7-8-12-4-2/h10H,3-9H2,1-2H3. The Balaban J connectivity index is 2.03. The Hall–Kier alpha value is 0.310. The molecule has 2 heteroatoms. The van der Waals surface area contributed by atoms with E-state index in [1.165, 1.54) is 44.0 Å². The van der Waals surface area contributed by atoms with Crippen LogP contribution in [0.4, 0.5) is 0 Å². The van der Waals surface area contributed by atoms with Gasteiger partial charge in [-0.2, -0.15) is 11.8 Å². The first-order valence-electron chi connectivity index (χ1n) is 5.16. The van der Waals surface area contributed by atoms with Crippen molar-refractivity contribution in [2.75, 3.05) is 31.1 Å². The van der Waals surface area contributed by atoms with Gasteiger partial charge in [-0.3, -0.25) is 0 Å². The van der Waals surface area contributed by atoms with Crippen molar-refractivity contribution in [3.63, 3.8) is 0 Å². The minimum atomic E-state index is 0.997. The number of nitrogens with zero attached hydrogens (tertiary/aromatic N) is 1. The van der Waals surface area contributed by atoms with Crippen LogP contribution in [0.2, 0.25) is 0 Å². The van der Waals surface area contributed by atoms with Gasteiger partial charge in [-0.05, 0) is 24.6 Å². The third-order valence-electron chi connectivity index (χ3n) is 2.70. The summed E-state index contributed by atoms with van der Waals surface area (Å²) in [7, 11) is 0. The van der Waals surface area contributed by atoms with Crippen LogP contribution in [0.3, 0.4) is 0 Å². The van der Waals surface area contributed by atoms with E-state index in [-0.39, 0.29) is 0 Å². The molecule has 12 heavy (non-hydrogen) atoms. The maximum absolute atomic E-state index is 2.62. The molecular formula is C10H21NS. The molecule has 0 saturated carbocycles. The van der Waals surface area contributed by atoms with Gasteiger partial charge >= 0.3 is 0 Å². The first-order chi connectivity index (χ1) is 5.86. The molecule has 1 aliphatic heterocycles. The largest absolute Gasteiger partial charge is 0.302 e. The topological polar surface area (TPSA) is 3.24 Å². The van der Waals surface area contributed by atoms with E-state index >= 15 is 0 Å². The highest BCUT2D eigenvalue weighted by Gasteiger charge is 2.19. The summed E-state index contributed by atoms with van der Waals surface area (Å²) in [5.74, 6) is 3.59. The van der Waals surface area contributed by atoms with Crippen molar-refractivity contribution in [1.82, 2.24) is 4.90 Å². The molecule has 1 fully saturated rings. The number of hydrogen-bond donors (Lipinski definition) is 0. The van der Waals surface area contributed by atoms with E-state index in [1.54, 1.807) is 0 Å². The predicted octanol–water partition coefficient (Wildman–Crippen LogP) is 2.47. The molecule has 1 heterocycles. The molecule has 1 nitrogen and oxygen atoms in total. The van der Waals surface area contributed by atoms with Crippen LogP contribution in [0, 0.1) is 5.92 Å². The minimum absolute atomic E-state index is 0.997. The summed E-state index contributed by atoms with van der Waals surface area (Å²) in [6, 6.07) is 0. The van der Waals surface area contributed by atoms with E-state index in [4.69, 9.17) is 0 Å². The molecule has 1 rings (SSSR count). The van der Waals surface area contributed by atoms with Crippen molar-refractivity contribution >= 4 is 11.8 Å². The van der Waals surface area contributed by atoms with Crippen LogP contribution in [-0.2, 0) is 0 Å². The SMILES string of the molecule is CCSCCN1CCC(CC)C1. The molecule has 0 aromatic carbocycles. The summed E-state index contributed by atoms with van der Waals surface area (Å²) in [4.78, 5) is 2.62. The monoisotopic (exact) mass is 187 g/mol. The highest BCUT2D eigenvalue weighted by atomic mass is 32.2. The Morgan fingerprint density at radius 3 is 2.83 bits per heavy atom. The van der Waals surface area contributed by atoms with E-state index in [2.05, 4.69) is 30.5 Å². The molecule has 1 unspecified atom stereocenters. The zero-order valence-corrected chi connectivity index (χ0v) is 9.20. The van der Waals surface area contributed by atoms with Gasteiger partial charge in [0, 0.05) is 18.8 Å². The van der Waals surface area contributed by atoms with Gasteiger partial charge < -0.3 is 4.90 Å². The first kappa shape index (κ1) is 10.4. The summed E-state index contributed by atoms with van der Waals surface area (Å²) < 4.78 is 0. The van der Waals surface area contributed by atoms with Gasteiger partial charge in [0.15, 0.2) is 0 Å². The molecule has 1 aliphatic rings. The second kappa shape index (κ2) is 5.87. The van der Waals surface area contributed by atoms with Gasteiger partial charge in [0.05, 0.1) is 0 Å². The van der Waals surface area contributed by atoms with Crippen molar-refractivity contribution in [2.45, 2.75) is 26.7 Å². The van der Waals surface area contributed by atoms with E-state index in [0.29, 0.717) is 0 Å². The molecule has 0 radical (unpaired) electrons. The fraction of sp³-hybridized carbons (Fsp3) is 1.00. The highest BCUT2D eigenvalue weighted by molar-refractivity contribution is 7.99. The highest BCUT2D eigenvalue weighted by Crippen LogP contribution is 2.18. The average molecular weight is 187 g/mol. The van der Waals surface area contributed by atoms with Crippen LogP contribution in [0.1, 0.15) is 26.7 Å². The fourth-order valence-electron chi connectivity index (χ4n) is 1.79. The van der Waals surface area contributed by atoms with E-state index in [1.807, 2.05) is 0 Å². The van der Waals surface area contributed by atoms with Gasteiger partial charge in [-0.1, -0.05) is 20.3 Å². The Morgan fingerprint density at radius 1 is 1.42 bits per heavy atom. The van der Waals surface area contributed by atoms with Crippen LogP contribution in [0.15, 0.2) is 0 Å². The zero-order valence-electron chi connectivity index (χ0n) is 8.38. The third kappa shape index (κ3) is 3.36. The molecule has 1 saturated heterocycles. The third-order valence-corrected chi connectivity index (χ3v) is 3.58. The summed E-state index contributed by atoms with van der Waals surface area (Å²) in [6.45, 7) is 8.58. The van der Waals surface area contributed by atoms with E-state index < -0.39 is 0 Å². The number of likely N-dealkylation sites (tertiary alicyclic amines) is 1. The molecular weight excluding hydrogens is 166 g/mol. The summed E-state index contributed by atoms with van der Waals surface area (Å²) in [6.07, 6.45) is 2.81. The zero-order chi connectivity index (χ0) is 8.81. The maximum atomic E-state index is 2.62. The van der Waals surface area contributed by atoms with Crippen LogP contribution < -0.4 is 0 Å². The summed E-state index contributed by atoms with van der Waals surface area (Å²) >= 11 is 2.06.